The van der Waals surface area contributed by atoms with Crippen LogP contribution in [0.5, 0.6) is 0 Å². The molecule has 1 aromatic carbocycles. The first kappa shape index (κ1) is 19.0. The van der Waals surface area contributed by atoms with Crippen LogP contribution in [0.15, 0.2) is 9.98 Å². The fourth-order valence-electron chi connectivity index (χ4n) is 3.72. The van der Waals surface area contributed by atoms with Gasteiger partial charge in [0, 0.05) is 7.05 Å². The molecule has 3 N–H and O–H groups in total. The molecule has 0 saturated carbocycles. The van der Waals surface area contributed by atoms with Gasteiger partial charge < -0.3 is 20.9 Å². The molecular weight excluding hydrogens is 396 g/mol. The van der Waals surface area contributed by atoms with E-state index in [-0.39, 0.29) is 22.8 Å². The van der Waals surface area contributed by atoms with Gasteiger partial charge in [-0.15, -0.1) is 0 Å². The molecule has 0 bridgehead atoms. The van der Waals surface area contributed by atoms with E-state index in [1.165, 1.54) is 0 Å². The molecule has 3 aliphatic rings. The summed E-state index contributed by atoms with van der Waals surface area (Å²) in [7, 11) is 1.62. The lowest BCUT2D eigenvalue weighted by Crippen LogP contribution is -2.48. The lowest BCUT2D eigenvalue weighted by atomic mass is 9.96. The molecule has 0 radical (unpaired) electrons. The van der Waals surface area contributed by atoms with Crippen molar-refractivity contribution < 1.29 is 0 Å². The number of aliphatic imine (C=N–C) groups is 2. The highest BCUT2D eigenvalue weighted by atomic mass is 15.3. The molecule has 0 saturated heterocycles. The largest absolute Gasteiger partial charge is 0.364 e. The minimum absolute atomic E-state index is 0.0913. The molecule has 12 nitrogen and oxygen atoms in total. The van der Waals surface area contributed by atoms with Gasteiger partial charge in [-0.2, -0.15) is 31.6 Å². The zero-order valence-electron chi connectivity index (χ0n) is 15.8. The Hall–Kier alpha value is -5.30. The second-order valence-electron chi connectivity index (χ2n) is 6.74. The van der Waals surface area contributed by atoms with E-state index >= 15 is 0 Å². The van der Waals surface area contributed by atoms with E-state index in [2.05, 4.69) is 32.0 Å². The van der Waals surface area contributed by atoms with Crippen LogP contribution in [0.2, 0.25) is 0 Å². The van der Waals surface area contributed by atoms with E-state index in [1.54, 1.807) is 11.9 Å². The number of benzene rings is 1. The highest BCUT2D eigenvalue weighted by Gasteiger charge is 2.41. The van der Waals surface area contributed by atoms with Gasteiger partial charge in [-0.1, -0.05) is 0 Å². The average molecular weight is 406 g/mol. The molecule has 3 aliphatic heterocycles. The van der Waals surface area contributed by atoms with Gasteiger partial charge in [-0.3, -0.25) is 0 Å². The van der Waals surface area contributed by atoms with Crippen LogP contribution >= 0.6 is 0 Å². The van der Waals surface area contributed by atoms with E-state index in [1.807, 2.05) is 30.3 Å². The number of nitriles is 6. The number of nitrogens with zero attached hydrogens (tertiary/aromatic N) is 9. The summed E-state index contributed by atoms with van der Waals surface area (Å²) in [5, 5.41) is 65.8. The number of fused-ring (bicyclic) bond motifs is 6. The third kappa shape index (κ3) is 2.55. The molecule has 0 fully saturated rings. The quantitative estimate of drug-likeness (QED) is 0.560. The molecule has 0 aliphatic carbocycles. The Bertz CT molecular complexity index is 1330. The van der Waals surface area contributed by atoms with Gasteiger partial charge in [0.2, 0.25) is 0 Å². The van der Waals surface area contributed by atoms with Gasteiger partial charge in [-0.05, 0) is 0 Å². The standard InChI is InChI=1S/C19H10N12/c1-31-13(7-25)12(6-24)30-18-16-14(26-8(2-20)9(3-21)27-16)15-17(19(18)31)29-11(5-23)10(4-22)28-15/h9,11-13,27,29-30H,1H3. The van der Waals surface area contributed by atoms with Crippen molar-refractivity contribution in [1.82, 2.24) is 0 Å². The summed E-state index contributed by atoms with van der Waals surface area (Å²) in [4.78, 5) is 10.2. The highest BCUT2D eigenvalue weighted by Crippen LogP contribution is 2.57. The lowest BCUT2D eigenvalue weighted by molar-refractivity contribution is 0.695. The van der Waals surface area contributed by atoms with Crippen LogP contribution in [0, 0.1) is 68.0 Å². The summed E-state index contributed by atoms with van der Waals surface area (Å²) in [6, 6.07) is 7.96. The van der Waals surface area contributed by atoms with Gasteiger partial charge in [0.1, 0.15) is 29.6 Å². The van der Waals surface area contributed by atoms with E-state index in [0.29, 0.717) is 22.7 Å². The molecule has 4 rings (SSSR count). The molecular formula is C19H10N12. The number of hydrogen-bond acceptors (Lipinski definition) is 12. The third-order valence-electron chi connectivity index (χ3n) is 5.15. The number of anilines is 4. The zero-order valence-corrected chi connectivity index (χ0v) is 15.8. The molecule has 0 aromatic heterocycles. The molecule has 12 heteroatoms. The average Bonchev–Trinajstić information content (AvgIpc) is 2.81. The van der Waals surface area contributed by atoms with Crippen molar-refractivity contribution in [3.63, 3.8) is 0 Å². The van der Waals surface area contributed by atoms with Crippen LogP contribution in [0.25, 0.3) is 0 Å². The minimum atomic E-state index is -1.04. The van der Waals surface area contributed by atoms with Gasteiger partial charge in [0.15, 0.2) is 29.5 Å². The van der Waals surface area contributed by atoms with Crippen LogP contribution in [0.4, 0.5) is 34.1 Å². The van der Waals surface area contributed by atoms with Crippen molar-refractivity contribution in [2.24, 2.45) is 9.98 Å². The maximum absolute atomic E-state index is 9.61. The Kier molecular flexibility index (Phi) is 4.26. The predicted molar refractivity (Wildman–Crippen MR) is 109 cm³/mol. The molecule has 4 atom stereocenters. The van der Waals surface area contributed by atoms with Crippen LogP contribution in [0.3, 0.4) is 0 Å². The van der Waals surface area contributed by atoms with Gasteiger partial charge in [-0.25, -0.2) is 9.98 Å². The van der Waals surface area contributed by atoms with E-state index < -0.39 is 24.2 Å². The summed E-state index contributed by atoms with van der Waals surface area (Å²) in [6.07, 6.45) is 0. The first-order valence-electron chi connectivity index (χ1n) is 8.85. The number of hydrogen-bond donors (Lipinski definition) is 3. The second kappa shape index (κ2) is 6.94. The topological polar surface area (TPSA) is 207 Å². The summed E-state index contributed by atoms with van der Waals surface area (Å²) in [5.41, 5.74) is 1.61. The van der Waals surface area contributed by atoms with E-state index in [9.17, 15) is 31.6 Å². The summed E-state index contributed by atoms with van der Waals surface area (Å²) in [6.45, 7) is 0. The van der Waals surface area contributed by atoms with Crippen LogP contribution in [-0.2, 0) is 0 Å². The third-order valence-corrected chi connectivity index (χ3v) is 5.15. The van der Waals surface area contributed by atoms with Crippen LogP contribution < -0.4 is 20.9 Å². The highest BCUT2D eigenvalue weighted by molar-refractivity contribution is 6.20. The molecule has 146 valence electrons. The maximum atomic E-state index is 9.61. The second-order valence-corrected chi connectivity index (χ2v) is 6.74. The number of rotatable bonds is 0. The molecule has 1 aromatic rings. The normalized spacial score (nSPS) is 24.5. The monoisotopic (exact) mass is 406 g/mol. The molecule has 0 spiro atoms. The number of likely N-dealkylation sites (N-methyl/N-ethyl adjacent to an activating group) is 1. The molecule has 0 amide bonds. The van der Waals surface area contributed by atoms with Crippen LogP contribution in [-0.4, -0.2) is 42.6 Å². The van der Waals surface area contributed by atoms with Gasteiger partial charge in [0.05, 0.1) is 47.0 Å². The van der Waals surface area contributed by atoms with Crippen molar-refractivity contribution >= 4 is 45.5 Å². The fourth-order valence-corrected chi connectivity index (χ4v) is 3.72. The van der Waals surface area contributed by atoms with Gasteiger partial charge >= 0.3 is 0 Å². The molecule has 4 unspecified atom stereocenters. The van der Waals surface area contributed by atoms with Crippen LogP contribution in [0.1, 0.15) is 0 Å². The predicted octanol–water partition coefficient (Wildman–Crippen LogP) is 1.16. The smallest absolute Gasteiger partial charge is 0.167 e. The molecule has 3 heterocycles. The maximum Gasteiger partial charge on any atom is 0.167 e. The Morgan fingerprint density at radius 1 is 0.710 bits per heavy atom. The van der Waals surface area contributed by atoms with E-state index in [0.717, 1.165) is 0 Å². The lowest BCUT2D eigenvalue weighted by Gasteiger charge is -2.41. The summed E-state index contributed by atoms with van der Waals surface area (Å²) < 4.78 is 0. The Morgan fingerprint density at radius 3 is 1.74 bits per heavy atom. The first-order valence-corrected chi connectivity index (χ1v) is 8.85. The van der Waals surface area contributed by atoms with E-state index in [4.69, 9.17) is 0 Å². The summed E-state index contributed by atoms with van der Waals surface area (Å²) >= 11 is 0. The SMILES string of the molecule is CN1c2c3c(c4c(c2NC(C#N)C1C#N)NC(C#N)C(C#N)=N4)N=C(C#N)C(C#N)N3. The fraction of sp³-hybridized carbons (Fsp3) is 0.263. The van der Waals surface area contributed by atoms with Gasteiger partial charge in [0.25, 0.3) is 0 Å². The van der Waals surface area contributed by atoms with Crippen molar-refractivity contribution in [2.45, 2.75) is 24.2 Å². The van der Waals surface area contributed by atoms with Crippen molar-refractivity contribution in [3.8, 4) is 36.4 Å². The molecule has 31 heavy (non-hydrogen) atoms. The zero-order chi connectivity index (χ0) is 22.3. The number of nitrogens with one attached hydrogen (secondary N) is 3. The van der Waals surface area contributed by atoms with Crippen molar-refractivity contribution in [1.29, 1.82) is 31.6 Å². The Balaban J connectivity index is 2.11. The summed E-state index contributed by atoms with van der Waals surface area (Å²) in [5.74, 6) is 0. The van der Waals surface area contributed by atoms with Crippen molar-refractivity contribution in [3.05, 3.63) is 0 Å². The Morgan fingerprint density at radius 2 is 1.26 bits per heavy atom. The Labute approximate surface area is 176 Å². The minimum Gasteiger partial charge on any atom is -0.364 e. The van der Waals surface area contributed by atoms with Crippen molar-refractivity contribution in [2.75, 3.05) is 27.9 Å². The first-order chi connectivity index (χ1) is 15.0.